The van der Waals surface area contributed by atoms with E-state index in [4.69, 9.17) is 9.47 Å². The monoisotopic (exact) mass is 303 g/mol. The van der Waals surface area contributed by atoms with Crippen molar-refractivity contribution in [1.82, 2.24) is 4.90 Å². The maximum Gasteiger partial charge on any atom is 0.267 e. The van der Waals surface area contributed by atoms with Crippen LogP contribution in [0.4, 0.5) is 0 Å². The third-order valence-corrected chi connectivity index (χ3v) is 4.27. The molecule has 0 radical (unpaired) electrons. The fraction of sp³-hybridized carbons (Fsp3) is 0.312. The number of amides is 1. The summed E-state index contributed by atoms with van der Waals surface area (Å²) in [6.07, 6.45) is -0.570. The molecule has 1 aromatic heterocycles. The van der Waals surface area contributed by atoms with Crippen LogP contribution in [-0.4, -0.2) is 30.1 Å². The summed E-state index contributed by atoms with van der Waals surface area (Å²) in [5, 5.41) is 2.02. The van der Waals surface area contributed by atoms with Crippen molar-refractivity contribution in [3.8, 4) is 11.5 Å². The van der Waals surface area contributed by atoms with Gasteiger partial charge in [0.15, 0.2) is 11.5 Å². The molecular weight excluding hydrogens is 286 g/mol. The van der Waals surface area contributed by atoms with E-state index in [9.17, 15) is 4.79 Å². The predicted octanol–water partition coefficient (Wildman–Crippen LogP) is 2.94. The van der Waals surface area contributed by atoms with Crippen LogP contribution in [0.15, 0.2) is 41.8 Å². The smallest absolute Gasteiger partial charge is 0.267 e. The molecule has 1 aliphatic rings. The molecule has 21 heavy (non-hydrogen) atoms. The number of likely N-dealkylation sites (N-methyl/N-ethyl adjacent to an activating group) is 1. The number of fused-ring (bicyclic) bond motifs is 1. The average Bonchev–Trinajstić information content (AvgIpc) is 3.04. The van der Waals surface area contributed by atoms with Crippen LogP contribution in [0, 0.1) is 0 Å². The van der Waals surface area contributed by atoms with E-state index in [2.05, 4.69) is 0 Å². The van der Waals surface area contributed by atoms with Gasteiger partial charge in [0.25, 0.3) is 5.91 Å². The maximum atomic E-state index is 12.6. The van der Waals surface area contributed by atoms with Crippen molar-refractivity contribution in [2.24, 2.45) is 0 Å². The molecule has 1 unspecified atom stereocenters. The minimum absolute atomic E-state index is 0.0274. The SMILES string of the molecule is CCN(Cc1cccs1)C(=O)C1COc2ccccc2O1. The third kappa shape index (κ3) is 3.03. The van der Waals surface area contributed by atoms with E-state index < -0.39 is 6.10 Å². The lowest BCUT2D eigenvalue weighted by Crippen LogP contribution is -2.45. The number of carbonyl (C=O) groups excluding carboxylic acids is 1. The maximum absolute atomic E-state index is 12.6. The largest absolute Gasteiger partial charge is 0.485 e. The van der Waals surface area contributed by atoms with Gasteiger partial charge >= 0.3 is 0 Å². The van der Waals surface area contributed by atoms with Crippen molar-refractivity contribution in [2.75, 3.05) is 13.2 Å². The highest BCUT2D eigenvalue weighted by molar-refractivity contribution is 7.09. The lowest BCUT2D eigenvalue weighted by Gasteiger charge is -2.30. The molecule has 0 spiro atoms. The van der Waals surface area contributed by atoms with E-state index in [1.54, 1.807) is 16.2 Å². The summed E-state index contributed by atoms with van der Waals surface area (Å²) in [5.41, 5.74) is 0. The number of ether oxygens (including phenoxy) is 2. The standard InChI is InChI=1S/C16H17NO3S/c1-2-17(10-12-6-5-9-21-12)16(18)15-11-19-13-7-3-4-8-14(13)20-15/h3-9,15H,2,10-11H2,1H3. The van der Waals surface area contributed by atoms with Gasteiger partial charge in [-0.1, -0.05) is 18.2 Å². The normalized spacial score (nSPS) is 16.5. The van der Waals surface area contributed by atoms with Crippen LogP contribution in [0.25, 0.3) is 0 Å². The lowest BCUT2D eigenvalue weighted by atomic mass is 10.2. The molecule has 5 heteroatoms. The molecule has 1 atom stereocenters. The molecule has 1 aromatic carbocycles. The summed E-state index contributed by atoms with van der Waals surface area (Å²) in [6.45, 7) is 3.51. The Labute approximate surface area is 127 Å². The Balaban J connectivity index is 1.70. The highest BCUT2D eigenvalue weighted by Gasteiger charge is 2.30. The van der Waals surface area contributed by atoms with E-state index in [0.717, 1.165) is 0 Å². The predicted molar refractivity (Wildman–Crippen MR) is 81.8 cm³/mol. The topological polar surface area (TPSA) is 38.8 Å². The van der Waals surface area contributed by atoms with Crippen LogP contribution in [0.3, 0.4) is 0 Å². The Morgan fingerprint density at radius 3 is 2.81 bits per heavy atom. The van der Waals surface area contributed by atoms with Crippen molar-refractivity contribution < 1.29 is 14.3 Å². The van der Waals surface area contributed by atoms with Crippen molar-refractivity contribution in [2.45, 2.75) is 19.6 Å². The van der Waals surface area contributed by atoms with Crippen molar-refractivity contribution >= 4 is 17.2 Å². The van der Waals surface area contributed by atoms with Crippen LogP contribution in [0.1, 0.15) is 11.8 Å². The molecule has 1 amide bonds. The number of hydrogen-bond acceptors (Lipinski definition) is 4. The molecule has 0 bridgehead atoms. The molecule has 0 N–H and O–H groups in total. The van der Waals surface area contributed by atoms with Gasteiger partial charge in [-0.2, -0.15) is 0 Å². The number of thiophene rings is 1. The second-order valence-corrected chi connectivity index (χ2v) is 5.83. The quantitative estimate of drug-likeness (QED) is 0.871. The van der Waals surface area contributed by atoms with E-state index >= 15 is 0 Å². The molecular formula is C16H17NO3S. The van der Waals surface area contributed by atoms with Gasteiger partial charge in [-0.25, -0.2) is 0 Å². The van der Waals surface area contributed by atoms with Crippen molar-refractivity contribution in [3.05, 3.63) is 46.7 Å². The Kier molecular flexibility index (Phi) is 4.10. The number of hydrogen-bond donors (Lipinski definition) is 0. The second kappa shape index (κ2) is 6.18. The van der Waals surface area contributed by atoms with Gasteiger partial charge in [0.05, 0.1) is 6.54 Å². The van der Waals surface area contributed by atoms with Crippen LogP contribution in [0.5, 0.6) is 11.5 Å². The molecule has 4 nitrogen and oxygen atoms in total. The van der Waals surface area contributed by atoms with E-state index in [0.29, 0.717) is 24.6 Å². The van der Waals surface area contributed by atoms with Crippen LogP contribution < -0.4 is 9.47 Å². The molecule has 0 saturated carbocycles. The zero-order valence-corrected chi connectivity index (χ0v) is 12.6. The Hall–Kier alpha value is -2.01. The molecule has 2 aromatic rings. The Morgan fingerprint density at radius 1 is 1.29 bits per heavy atom. The fourth-order valence-electron chi connectivity index (χ4n) is 2.28. The van der Waals surface area contributed by atoms with Gasteiger partial charge in [-0.15, -0.1) is 11.3 Å². The summed E-state index contributed by atoms with van der Waals surface area (Å²) in [4.78, 5) is 15.6. The molecule has 110 valence electrons. The van der Waals surface area contributed by atoms with Gasteiger partial charge in [0, 0.05) is 11.4 Å². The number of para-hydroxylation sites is 2. The fourth-order valence-corrected chi connectivity index (χ4v) is 3.00. The first-order valence-electron chi connectivity index (χ1n) is 6.97. The second-order valence-electron chi connectivity index (χ2n) is 4.80. The number of rotatable bonds is 4. The highest BCUT2D eigenvalue weighted by Crippen LogP contribution is 2.31. The average molecular weight is 303 g/mol. The highest BCUT2D eigenvalue weighted by atomic mass is 32.1. The zero-order chi connectivity index (χ0) is 14.7. The minimum Gasteiger partial charge on any atom is -0.485 e. The first-order chi connectivity index (χ1) is 10.3. The number of benzene rings is 1. The van der Waals surface area contributed by atoms with Gasteiger partial charge in [0.1, 0.15) is 6.61 Å². The molecule has 0 fully saturated rings. The molecule has 0 saturated heterocycles. The molecule has 2 heterocycles. The molecule has 0 aliphatic carbocycles. The van der Waals surface area contributed by atoms with E-state index in [1.165, 1.54) is 4.88 Å². The molecule has 1 aliphatic heterocycles. The van der Waals surface area contributed by atoms with Crippen LogP contribution in [-0.2, 0) is 11.3 Å². The lowest BCUT2D eigenvalue weighted by molar-refractivity contribution is -0.141. The summed E-state index contributed by atoms with van der Waals surface area (Å²) < 4.78 is 11.4. The van der Waals surface area contributed by atoms with Crippen molar-refractivity contribution in [3.63, 3.8) is 0 Å². The summed E-state index contributed by atoms with van der Waals surface area (Å²) >= 11 is 1.65. The molecule has 3 rings (SSSR count). The van der Waals surface area contributed by atoms with Gasteiger partial charge in [-0.3, -0.25) is 4.79 Å². The Bertz CT molecular complexity index is 612. The summed E-state index contributed by atoms with van der Waals surface area (Å²) in [7, 11) is 0. The Morgan fingerprint density at radius 2 is 2.10 bits per heavy atom. The van der Waals surface area contributed by atoms with Crippen LogP contribution in [0.2, 0.25) is 0 Å². The van der Waals surface area contributed by atoms with E-state index in [-0.39, 0.29) is 12.5 Å². The van der Waals surface area contributed by atoms with Gasteiger partial charge in [0.2, 0.25) is 6.10 Å². The van der Waals surface area contributed by atoms with Crippen LogP contribution >= 0.6 is 11.3 Å². The number of carbonyl (C=O) groups is 1. The first-order valence-corrected chi connectivity index (χ1v) is 7.85. The summed E-state index contributed by atoms with van der Waals surface area (Å²) in [5.74, 6) is 1.30. The van der Waals surface area contributed by atoms with Gasteiger partial charge < -0.3 is 14.4 Å². The van der Waals surface area contributed by atoms with Gasteiger partial charge in [-0.05, 0) is 30.5 Å². The first kappa shape index (κ1) is 13.9. The summed E-state index contributed by atoms with van der Waals surface area (Å²) in [6, 6.07) is 11.5. The van der Waals surface area contributed by atoms with E-state index in [1.807, 2.05) is 48.7 Å². The third-order valence-electron chi connectivity index (χ3n) is 3.40. The minimum atomic E-state index is -0.570. The zero-order valence-electron chi connectivity index (χ0n) is 11.8. The number of nitrogens with zero attached hydrogens (tertiary/aromatic N) is 1. The van der Waals surface area contributed by atoms with Crippen molar-refractivity contribution in [1.29, 1.82) is 0 Å².